The summed E-state index contributed by atoms with van der Waals surface area (Å²) in [5.41, 5.74) is -1.27. The molecule has 1 aliphatic heterocycles. The van der Waals surface area contributed by atoms with Gasteiger partial charge >= 0.3 is 6.11 Å². The lowest BCUT2D eigenvalue weighted by Crippen LogP contribution is -2.28. The maximum Gasteiger partial charge on any atom is 0.432 e. The zero-order valence-electron chi connectivity index (χ0n) is 19.1. The van der Waals surface area contributed by atoms with E-state index in [9.17, 15) is 26.3 Å². The molecular formula is C26H24F6O2S. The lowest BCUT2D eigenvalue weighted by molar-refractivity contribution is -0.190. The monoisotopic (exact) mass is 514 g/mol. The molecule has 2 nitrogen and oxygen atoms in total. The van der Waals surface area contributed by atoms with Crippen molar-refractivity contribution in [1.29, 1.82) is 0 Å². The number of halogens is 6. The molecule has 4 rings (SSSR count). The largest absolute Gasteiger partial charge is 0.432 e. The van der Waals surface area contributed by atoms with Crippen molar-refractivity contribution >= 4 is 12.6 Å². The third kappa shape index (κ3) is 5.26. The Morgan fingerprint density at radius 2 is 1.66 bits per heavy atom. The van der Waals surface area contributed by atoms with E-state index in [-0.39, 0.29) is 22.5 Å². The van der Waals surface area contributed by atoms with Gasteiger partial charge in [0.2, 0.25) is 0 Å². The molecule has 1 fully saturated rings. The van der Waals surface area contributed by atoms with E-state index in [0.29, 0.717) is 19.1 Å². The molecule has 2 aliphatic rings. The summed E-state index contributed by atoms with van der Waals surface area (Å²) in [6.07, 6.45) is 3.07. The molecule has 9 heteroatoms. The topological polar surface area (TPSA) is 18.5 Å². The van der Waals surface area contributed by atoms with E-state index in [1.807, 2.05) is 12.2 Å². The Hall–Kier alpha value is -2.39. The first-order valence-corrected chi connectivity index (χ1v) is 11.7. The average molecular weight is 515 g/mol. The zero-order valence-corrected chi connectivity index (χ0v) is 20.0. The Morgan fingerprint density at radius 3 is 2.23 bits per heavy atom. The maximum atomic E-state index is 14.8. The van der Waals surface area contributed by atoms with Crippen molar-refractivity contribution in [2.24, 2.45) is 0 Å². The molecule has 0 amide bonds. The summed E-state index contributed by atoms with van der Waals surface area (Å²) >= 11 is 4.39. The second-order valence-electron chi connectivity index (χ2n) is 8.86. The van der Waals surface area contributed by atoms with Gasteiger partial charge in [-0.25, -0.2) is 17.6 Å². The summed E-state index contributed by atoms with van der Waals surface area (Å²) in [5, 5.41) is 0.201. The van der Waals surface area contributed by atoms with Gasteiger partial charge in [0.05, 0.1) is 12.7 Å². The van der Waals surface area contributed by atoms with E-state index in [2.05, 4.69) is 17.4 Å². The second-order valence-corrected chi connectivity index (χ2v) is 9.59. The van der Waals surface area contributed by atoms with E-state index >= 15 is 0 Å². The number of benzene rings is 2. The van der Waals surface area contributed by atoms with Gasteiger partial charge in [-0.2, -0.15) is 21.4 Å². The Labute approximate surface area is 205 Å². The second kappa shape index (κ2) is 9.93. The highest BCUT2D eigenvalue weighted by atomic mass is 32.1. The van der Waals surface area contributed by atoms with Gasteiger partial charge in [0.1, 0.15) is 34.6 Å². The summed E-state index contributed by atoms with van der Waals surface area (Å²) in [4.78, 5) is 0. The lowest BCUT2D eigenvalue weighted by Gasteiger charge is -2.29. The van der Waals surface area contributed by atoms with Crippen LogP contribution in [0.2, 0.25) is 0 Å². The van der Waals surface area contributed by atoms with Gasteiger partial charge in [-0.1, -0.05) is 18.2 Å². The lowest BCUT2D eigenvalue weighted by atomic mass is 9.87. The number of rotatable bonds is 5. The highest BCUT2D eigenvalue weighted by Crippen LogP contribution is 2.40. The van der Waals surface area contributed by atoms with Gasteiger partial charge in [0.15, 0.2) is 0 Å². The van der Waals surface area contributed by atoms with Crippen molar-refractivity contribution in [3.8, 4) is 5.75 Å². The highest BCUT2D eigenvalue weighted by molar-refractivity contribution is 7.81. The summed E-state index contributed by atoms with van der Waals surface area (Å²) in [6, 6.07) is 2.22. The fraction of sp³-hybridized carbons (Fsp3) is 0.385. The Kier molecular flexibility index (Phi) is 7.29. The van der Waals surface area contributed by atoms with E-state index in [4.69, 9.17) is 4.74 Å². The highest BCUT2D eigenvalue weighted by Gasteiger charge is 2.42. The molecule has 0 radical (unpaired) electrons. The molecule has 0 N–H and O–H groups in total. The van der Waals surface area contributed by atoms with Crippen LogP contribution in [0.5, 0.6) is 5.75 Å². The first-order chi connectivity index (χ1) is 16.5. The van der Waals surface area contributed by atoms with E-state index in [1.165, 1.54) is 0 Å². The third-order valence-electron chi connectivity index (χ3n) is 6.42. The minimum absolute atomic E-state index is 0.0674. The van der Waals surface area contributed by atoms with Crippen LogP contribution < -0.4 is 4.74 Å². The van der Waals surface area contributed by atoms with Crippen molar-refractivity contribution in [1.82, 2.24) is 0 Å². The summed E-state index contributed by atoms with van der Waals surface area (Å²) in [7, 11) is 0. The third-order valence-corrected chi connectivity index (χ3v) is 6.83. The summed E-state index contributed by atoms with van der Waals surface area (Å²) in [6.45, 7) is 2.78. The van der Waals surface area contributed by atoms with Crippen LogP contribution in [0.1, 0.15) is 47.4 Å². The normalized spacial score (nSPS) is 22.8. The number of alkyl halides is 2. The Balaban J connectivity index is 1.54. The molecular weight excluding hydrogens is 490 g/mol. The number of ether oxygens (including phenoxy) is 2. The molecule has 0 bridgehead atoms. The molecule has 0 saturated carbocycles. The first-order valence-electron chi connectivity index (χ1n) is 11.2. The first kappa shape index (κ1) is 25.7. The zero-order chi connectivity index (χ0) is 25.5. The standard InChI is InChI=1S/C26H24F6O2S/c1-13-19(27)11-23(14(2)25(13)30)34-26(31,32)24-20(28)9-17(10-21(24)29)15-3-5-16(6-4-15)22-8-7-18(35)12-33-22/h3,5-6,9-11,15,18,22,35H,4,7-8,12H2,1-2H3. The van der Waals surface area contributed by atoms with Gasteiger partial charge in [0, 0.05) is 28.4 Å². The van der Waals surface area contributed by atoms with Crippen molar-refractivity contribution in [3.63, 3.8) is 0 Å². The smallest absolute Gasteiger partial charge is 0.428 e. The van der Waals surface area contributed by atoms with Crippen molar-refractivity contribution < 1.29 is 35.8 Å². The molecule has 1 aliphatic carbocycles. The number of hydrogen-bond donors (Lipinski definition) is 1. The van der Waals surface area contributed by atoms with Crippen LogP contribution in [0.25, 0.3) is 0 Å². The van der Waals surface area contributed by atoms with E-state index in [1.54, 1.807) is 6.08 Å². The van der Waals surface area contributed by atoms with E-state index in [0.717, 1.165) is 44.4 Å². The predicted octanol–water partition coefficient (Wildman–Crippen LogP) is 7.44. The predicted molar refractivity (Wildman–Crippen MR) is 123 cm³/mol. The Morgan fingerprint density at radius 1 is 0.971 bits per heavy atom. The van der Waals surface area contributed by atoms with Crippen molar-refractivity contribution in [2.75, 3.05) is 6.61 Å². The van der Waals surface area contributed by atoms with Crippen LogP contribution >= 0.6 is 12.6 Å². The molecule has 188 valence electrons. The van der Waals surface area contributed by atoms with E-state index < -0.39 is 52.2 Å². The Bertz CT molecular complexity index is 1160. The quantitative estimate of drug-likeness (QED) is 0.330. The van der Waals surface area contributed by atoms with Crippen LogP contribution in [0.3, 0.4) is 0 Å². The summed E-state index contributed by atoms with van der Waals surface area (Å²) < 4.78 is 97.2. The number of thiol groups is 1. The SMILES string of the molecule is Cc1c(F)cc(OC(F)(F)c2c(F)cc(C3C=CC(C4CCC(S)CO4)=CC3)cc2F)c(C)c1F. The van der Waals surface area contributed by atoms with Crippen LogP contribution in [-0.2, 0) is 10.8 Å². The van der Waals surface area contributed by atoms with Crippen molar-refractivity contribution in [3.05, 3.63) is 87.5 Å². The number of hydrogen-bond acceptors (Lipinski definition) is 3. The molecule has 0 aromatic heterocycles. The van der Waals surface area contributed by atoms with Gasteiger partial charge in [-0.3, -0.25) is 0 Å². The van der Waals surface area contributed by atoms with Gasteiger partial charge in [0.25, 0.3) is 0 Å². The van der Waals surface area contributed by atoms with Crippen LogP contribution in [0.4, 0.5) is 26.3 Å². The van der Waals surface area contributed by atoms with Gasteiger partial charge in [-0.05, 0) is 56.4 Å². The molecule has 1 saturated heterocycles. The molecule has 3 atom stereocenters. The van der Waals surface area contributed by atoms with Crippen LogP contribution in [0, 0.1) is 37.1 Å². The molecule has 0 spiro atoms. The minimum Gasteiger partial charge on any atom is -0.428 e. The van der Waals surface area contributed by atoms with Crippen molar-refractivity contribution in [2.45, 2.75) is 56.5 Å². The average Bonchev–Trinajstić information content (AvgIpc) is 2.81. The van der Waals surface area contributed by atoms with Crippen LogP contribution in [0.15, 0.2) is 42.0 Å². The van der Waals surface area contributed by atoms with Crippen LogP contribution in [-0.4, -0.2) is 18.0 Å². The van der Waals surface area contributed by atoms with Gasteiger partial charge < -0.3 is 9.47 Å². The molecule has 35 heavy (non-hydrogen) atoms. The fourth-order valence-electron chi connectivity index (χ4n) is 4.33. The molecule has 2 aromatic rings. The number of allylic oxidation sites excluding steroid dienone is 2. The van der Waals surface area contributed by atoms with Gasteiger partial charge in [-0.15, -0.1) is 0 Å². The maximum absolute atomic E-state index is 14.8. The molecule has 3 unspecified atom stereocenters. The fourth-order valence-corrected chi connectivity index (χ4v) is 4.56. The summed E-state index contributed by atoms with van der Waals surface area (Å²) in [5.74, 6) is -6.50. The minimum atomic E-state index is -4.51. The molecule has 2 aromatic carbocycles. The molecule has 1 heterocycles.